The van der Waals surface area contributed by atoms with Crippen molar-refractivity contribution in [1.29, 1.82) is 0 Å². The van der Waals surface area contributed by atoms with E-state index in [1.54, 1.807) is 0 Å². The molecule has 3 heteroatoms. The Bertz CT molecular complexity index is 45.6. The number of hydroxylamine groups is 1. The first-order valence-corrected chi connectivity index (χ1v) is 1.28. The molecule has 0 aromatic carbocycles. The van der Waals surface area contributed by atoms with Crippen LogP contribution in [0.2, 0.25) is 0 Å². The smallest absolute Gasteiger partial charge is 0.171 e. The van der Waals surface area contributed by atoms with E-state index in [0.717, 1.165) is 0 Å². The lowest BCUT2D eigenvalue weighted by molar-refractivity contribution is -0.497. The fourth-order valence-electron chi connectivity index (χ4n) is 0. The van der Waals surface area contributed by atoms with E-state index in [0.29, 0.717) is 4.86 Å². The number of rotatable bonds is 0. The fraction of sp³-hybridized carbons (Fsp3) is 1.00. The molecule has 0 spiro atoms. The summed E-state index contributed by atoms with van der Waals surface area (Å²) in [5.41, 5.74) is 0. The summed E-state index contributed by atoms with van der Waals surface area (Å²) in [4.78, 5) is 0.500. The largest absolute Gasteiger partial charge is 0.600 e. The minimum absolute atomic E-state index is 0.500. The van der Waals surface area contributed by atoms with Crippen molar-refractivity contribution in [1.82, 2.24) is 0 Å². The van der Waals surface area contributed by atoms with Crippen molar-refractivity contribution in [3.63, 3.8) is 0 Å². The molecule has 0 aliphatic rings. The summed E-state index contributed by atoms with van der Waals surface area (Å²) in [6.45, 7) is 0. The van der Waals surface area contributed by atoms with Crippen LogP contribution in [-0.4, -0.2) is 19.0 Å². The molecular formula is C2H6N2O. The van der Waals surface area contributed by atoms with Crippen molar-refractivity contribution >= 4 is 0 Å². The van der Waals surface area contributed by atoms with Crippen LogP contribution in [0.25, 0.3) is 0 Å². The van der Waals surface area contributed by atoms with Crippen LogP contribution in [-0.2, 0) is 0 Å². The average Bonchev–Trinajstić information content (AvgIpc) is 1.38. The van der Waals surface area contributed by atoms with Crippen LogP contribution in [0.1, 0.15) is 0 Å². The van der Waals surface area contributed by atoms with Gasteiger partial charge in [-0.05, 0) is 5.11 Å². The van der Waals surface area contributed by atoms with Gasteiger partial charge in [-0.1, -0.05) is 0 Å². The molecule has 0 aromatic rings. The molecule has 3 nitrogen and oxygen atoms in total. The molecule has 0 radical (unpaired) electrons. The average molecular weight is 74.1 g/mol. The zero-order chi connectivity index (χ0) is 4.28. The lowest BCUT2D eigenvalue weighted by atomic mass is 11.4. The first-order chi connectivity index (χ1) is 2.27. The third-order valence-electron chi connectivity index (χ3n) is 0.282. The summed E-state index contributed by atoms with van der Waals surface area (Å²) in [6, 6.07) is 0. The van der Waals surface area contributed by atoms with E-state index in [9.17, 15) is 5.21 Å². The van der Waals surface area contributed by atoms with Gasteiger partial charge in [-0.25, -0.2) is 0 Å². The molecular weight excluding hydrogens is 68.0 g/mol. The normalized spacial score (nSPS) is 12.0. The van der Waals surface area contributed by atoms with Gasteiger partial charge in [0.1, 0.15) is 0 Å². The predicted molar refractivity (Wildman–Crippen MR) is 17.9 cm³/mol. The van der Waals surface area contributed by atoms with Crippen molar-refractivity contribution in [3.8, 4) is 0 Å². The Kier molecular flexibility index (Phi) is 1.49. The highest BCUT2D eigenvalue weighted by Crippen LogP contribution is 1.54. The third-order valence-corrected chi connectivity index (χ3v) is 0.282. The van der Waals surface area contributed by atoms with Crippen LogP contribution < -0.4 is 0 Å². The van der Waals surface area contributed by atoms with E-state index >= 15 is 0 Å². The summed E-state index contributed by atoms with van der Waals surface area (Å²) >= 11 is 0. The van der Waals surface area contributed by atoms with Gasteiger partial charge < -0.3 is 5.21 Å². The molecule has 0 fully saturated rings. The van der Waals surface area contributed by atoms with Crippen molar-refractivity contribution in [3.05, 3.63) is 5.21 Å². The maximum atomic E-state index is 9.56. The zero-order valence-electron chi connectivity index (χ0n) is 3.30. The highest BCUT2D eigenvalue weighted by Gasteiger charge is 1.59. The van der Waals surface area contributed by atoms with E-state index in [-0.39, 0.29) is 0 Å². The number of hydrogen-bond donors (Lipinski definition) is 0. The van der Waals surface area contributed by atoms with Gasteiger partial charge in [-0.3, -0.25) is 0 Å². The van der Waals surface area contributed by atoms with Crippen molar-refractivity contribution < 1.29 is 4.86 Å². The van der Waals surface area contributed by atoms with Gasteiger partial charge in [0.25, 0.3) is 0 Å². The molecule has 0 heterocycles. The van der Waals surface area contributed by atoms with Crippen LogP contribution in [0.5, 0.6) is 0 Å². The number of nitrogens with zero attached hydrogens (tertiary/aromatic N) is 2. The molecule has 0 saturated heterocycles. The van der Waals surface area contributed by atoms with E-state index in [1.807, 2.05) is 0 Å². The molecule has 0 atom stereocenters. The minimum Gasteiger partial charge on any atom is -0.600 e. The van der Waals surface area contributed by atoms with E-state index in [2.05, 4.69) is 5.11 Å². The molecule has 0 bridgehead atoms. The summed E-state index contributed by atoms with van der Waals surface area (Å²) in [7, 11) is 2.77. The molecule has 0 saturated carbocycles. The maximum absolute atomic E-state index is 9.56. The molecule has 0 aromatic heterocycles. The molecule has 0 rings (SSSR count). The molecule has 5 heavy (non-hydrogen) atoms. The standard InChI is InChI=1S/C2H6N2O/c1-3-4(2)5/h1-2H3/b4-3+. The number of azo groups is 1. The summed E-state index contributed by atoms with van der Waals surface area (Å²) < 4.78 is 0. The van der Waals surface area contributed by atoms with E-state index < -0.39 is 0 Å². The molecule has 0 aliphatic carbocycles. The molecule has 0 amide bonds. The van der Waals surface area contributed by atoms with E-state index in [1.165, 1.54) is 14.1 Å². The predicted octanol–water partition coefficient (Wildman–Crippen LogP) is 0.209. The lowest BCUT2D eigenvalue weighted by Gasteiger charge is -1.82. The molecule has 30 valence electrons. The lowest BCUT2D eigenvalue weighted by Crippen LogP contribution is -1.84. The Morgan fingerprint density at radius 1 is 1.80 bits per heavy atom. The third kappa shape index (κ3) is 3.40. The minimum atomic E-state index is 0.500. The van der Waals surface area contributed by atoms with Crippen molar-refractivity contribution in [2.24, 2.45) is 5.11 Å². The van der Waals surface area contributed by atoms with Gasteiger partial charge >= 0.3 is 0 Å². The van der Waals surface area contributed by atoms with Crippen LogP contribution in [0.4, 0.5) is 0 Å². The maximum Gasteiger partial charge on any atom is 0.171 e. The molecule has 0 unspecified atom stereocenters. The topological polar surface area (TPSA) is 38.4 Å². The summed E-state index contributed by atoms with van der Waals surface area (Å²) in [5, 5.41) is 12.7. The summed E-state index contributed by atoms with van der Waals surface area (Å²) in [6.07, 6.45) is 0. The SMILES string of the molecule is C/N=[N+](\C)[O-]. The Balaban J connectivity index is 3.14. The first kappa shape index (κ1) is 4.40. The van der Waals surface area contributed by atoms with Gasteiger partial charge in [0.2, 0.25) is 0 Å². The zero-order valence-corrected chi connectivity index (χ0v) is 3.30. The van der Waals surface area contributed by atoms with Gasteiger partial charge in [0, 0.05) is 0 Å². The second-order valence-corrected chi connectivity index (χ2v) is 0.664. The van der Waals surface area contributed by atoms with Crippen molar-refractivity contribution in [2.45, 2.75) is 0 Å². The van der Waals surface area contributed by atoms with Gasteiger partial charge in [-0.15, -0.1) is 4.86 Å². The highest BCUT2D eigenvalue weighted by atomic mass is 16.5. The van der Waals surface area contributed by atoms with Crippen LogP contribution in [0.3, 0.4) is 0 Å². The number of hydrogen-bond acceptors (Lipinski definition) is 2. The van der Waals surface area contributed by atoms with Crippen LogP contribution in [0.15, 0.2) is 5.11 Å². The second kappa shape index (κ2) is 1.69. The fourth-order valence-corrected chi connectivity index (χ4v) is 0. The van der Waals surface area contributed by atoms with Crippen LogP contribution in [0, 0.1) is 5.21 Å². The second-order valence-electron chi connectivity index (χ2n) is 0.664. The van der Waals surface area contributed by atoms with Gasteiger partial charge in [-0.2, -0.15) is 0 Å². The van der Waals surface area contributed by atoms with Gasteiger partial charge in [0.05, 0.1) is 7.05 Å². The molecule has 0 aliphatic heterocycles. The Hall–Kier alpha value is -0.600. The van der Waals surface area contributed by atoms with E-state index in [4.69, 9.17) is 0 Å². The Morgan fingerprint density at radius 2 is 2.00 bits per heavy atom. The first-order valence-electron chi connectivity index (χ1n) is 1.28. The monoisotopic (exact) mass is 74.0 g/mol. The Morgan fingerprint density at radius 3 is 2.00 bits per heavy atom. The Labute approximate surface area is 30.5 Å². The summed E-state index contributed by atoms with van der Waals surface area (Å²) in [5.74, 6) is 0. The van der Waals surface area contributed by atoms with Crippen LogP contribution >= 0.6 is 0 Å². The molecule has 0 N–H and O–H groups in total. The highest BCUT2D eigenvalue weighted by molar-refractivity contribution is 3.89. The van der Waals surface area contributed by atoms with Crippen molar-refractivity contribution in [2.75, 3.05) is 14.1 Å². The van der Waals surface area contributed by atoms with Gasteiger partial charge in [0.15, 0.2) is 7.05 Å². The quantitative estimate of drug-likeness (QED) is 0.230.